The van der Waals surface area contributed by atoms with E-state index in [1.54, 1.807) is 50.2 Å². The van der Waals surface area contributed by atoms with Crippen LogP contribution >= 0.6 is 23.2 Å². The van der Waals surface area contributed by atoms with E-state index in [1.807, 2.05) is 13.0 Å². The van der Waals surface area contributed by atoms with E-state index in [-0.39, 0.29) is 12.5 Å². The summed E-state index contributed by atoms with van der Waals surface area (Å²) in [4.78, 5) is 27.2. The first-order valence-corrected chi connectivity index (χ1v) is 12.6. The Kier molecular flexibility index (Phi) is 8.95. The second-order valence-electron chi connectivity index (χ2n) is 7.44. The molecule has 7 nitrogen and oxygen atoms in total. The molecule has 0 aliphatic heterocycles. The van der Waals surface area contributed by atoms with Crippen LogP contribution in [0.3, 0.4) is 0 Å². The van der Waals surface area contributed by atoms with E-state index in [0.29, 0.717) is 27.8 Å². The van der Waals surface area contributed by atoms with Crippen molar-refractivity contribution in [3.8, 4) is 0 Å². The minimum Gasteiger partial charge on any atom is -0.355 e. The molecule has 2 rings (SSSR count). The van der Waals surface area contributed by atoms with Crippen molar-refractivity contribution in [2.75, 3.05) is 23.7 Å². The lowest BCUT2D eigenvalue weighted by Gasteiger charge is -2.31. The number of halogens is 2. The SMILES string of the molecule is CCNC(=O)C(C)N(Cc1ccc(Cl)cc1Cl)C(=O)CN(c1cccc(C)c1)S(C)(=O)=O. The molecule has 0 aliphatic carbocycles. The molecule has 0 saturated heterocycles. The Balaban J connectivity index is 2.41. The lowest BCUT2D eigenvalue weighted by molar-refractivity contribution is -0.139. The van der Waals surface area contributed by atoms with Crippen LogP contribution in [0.15, 0.2) is 42.5 Å². The van der Waals surface area contributed by atoms with Crippen molar-refractivity contribution in [2.24, 2.45) is 0 Å². The van der Waals surface area contributed by atoms with Crippen LogP contribution in [0.5, 0.6) is 0 Å². The monoisotopic (exact) mass is 499 g/mol. The van der Waals surface area contributed by atoms with Gasteiger partial charge in [-0.1, -0.05) is 41.4 Å². The topological polar surface area (TPSA) is 86.8 Å². The molecule has 0 radical (unpaired) electrons. The van der Waals surface area contributed by atoms with E-state index in [2.05, 4.69) is 5.32 Å². The molecule has 2 amide bonds. The first kappa shape index (κ1) is 26.0. The van der Waals surface area contributed by atoms with Crippen LogP contribution in [0.25, 0.3) is 0 Å². The number of nitrogens with one attached hydrogen (secondary N) is 1. The van der Waals surface area contributed by atoms with Gasteiger partial charge in [0.2, 0.25) is 21.8 Å². The Labute approximate surface area is 199 Å². The third-order valence-corrected chi connectivity index (χ3v) is 6.57. The minimum atomic E-state index is -3.76. The summed E-state index contributed by atoms with van der Waals surface area (Å²) in [5.74, 6) is -0.894. The Morgan fingerprint density at radius 3 is 2.38 bits per heavy atom. The Morgan fingerprint density at radius 1 is 1.12 bits per heavy atom. The van der Waals surface area contributed by atoms with Crippen LogP contribution in [0.2, 0.25) is 10.0 Å². The molecule has 0 heterocycles. The van der Waals surface area contributed by atoms with Crippen LogP contribution in [-0.2, 0) is 26.2 Å². The summed E-state index contributed by atoms with van der Waals surface area (Å²) in [6.07, 6.45) is 1.04. The van der Waals surface area contributed by atoms with Crippen molar-refractivity contribution in [1.82, 2.24) is 10.2 Å². The highest BCUT2D eigenvalue weighted by Gasteiger charge is 2.30. The molecule has 10 heteroatoms. The van der Waals surface area contributed by atoms with E-state index in [0.717, 1.165) is 16.1 Å². The number of likely N-dealkylation sites (N-methyl/N-ethyl adjacent to an activating group) is 1. The highest BCUT2D eigenvalue weighted by atomic mass is 35.5. The third kappa shape index (κ3) is 6.85. The van der Waals surface area contributed by atoms with E-state index in [1.165, 1.54) is 4.90 Å². The molecule has 32 heavy (non-hydrogen) atoms. The van der Waals surface area contributed by atoms with Gasteiger partial charge in [-0.05, 0) is 56.2 Å². The van der Waals surface area contributed by atoms with Crippen molar-refractivity contribution in [2.45, 2.75) is 33.4 Å². The van der Waals surface area contributed by atoms with Crippen LogP contribution in [0.4, 0.5) is 5.69 Å². The number of carbonyl (C=O) groups excluding carboxylic acids is 2. The maximum atomic E-state index is 13.4. The Morgan fingerprint density at radius 2 is 1.81 bits per heavy atom. The van der Waals surface area contributed by atoms with Crippen LogP contribution < -0.4 is 9.62 Å². The van der Waals surface area contributed by atoms with Crippen molar-refractivity contribution in [3.63, 3.8) is 0 Å². The molecule has 1 unspecified atom stereocenters. The van der Waals surface area contributed by atoms with Gasteiger partial charge in [-0.15, -0.1) is 0 Å². The second kappa shape index (κ2) is 11.0. The number of hydrogen-bond donors (Lipinski definition) is 1. The number of amides is 2. The first-order chi connectivity index (χ1) is 14.9. The number of hydrogen-bond acceptors (Lipinski definition) is 4. The highest BCUT2D eigenvalue weighted by Crippen LogP contribution is 2.24. The maximum Gasteiger partial charge on any atom is 0.244 e. The van der Waals surface area contributed by atoms with E-state index in [9.17, 15) is 18.0 Å². The zero-order valence-electron chi connectivity index (χ0n) is 18.4. The van der Waals surface area contributed by atoms with Crippen molar-refractivity contribution in [3.05, 3.63) is 63.6 Å². The van der Waals surface area contributed by atoms with Gasteiger partial charge in [0, 0.05) is 23.1 Å². The summed E-state index contributed by atoms with van der Waals surface area (Å²) in [6.45, 7) is 5.14. The molecule has 0 fully saturated rings. The smallest absolute Gasteiger partial charge is 0.244 e. The molecule has 0 aliphatic rings. The Hall–Kier alpha value is -2.29. The molecule has 1 atom stereocenters. The fraction of sp³-hybridized carbons (Fsp3) is 0.364. The molecule has 0 saturated carbocycles. The van der Waals surface area contributed by atoms with Crippen molar-refractivity contribution >= 4 is 50.7 Å². The third-order valence-electron chi connectivity index (χ3n) is 4.84. The standard InChI is InChI=1S/C22H27Cl2N3O4S/c1-5-25-22(29)16(3)26(13-17-9-10-18(23)12-20(17)24)21(28)14-27(32(4,30)31)19-8-6-7-15(2)11-19/h6-12,16H,5,13-14H2,1-4H3,(H,25,29). The number of carbonyl (C=O) groups is 2. The summed E-state index contributed by atoms with van der Waals surface area (Å²) < 4.78 is 26.0. The van der Waals surface area contributed by atoms with Gasteiger partial charge < -0.3 is 10.2 Å². The number of benzene rings is 2. The lowest BCUT2D eigenvalue weighted by atomic mass is 10.1. The fourth-order valence-electron chi connectivity index (χ4n) is 3.13. The van der Waals surface area contributed by atoms with Gasteiger partial charge in [-0.2, -0.15) is 0 Å². The van der Waals surface area contributed by atoms with Gasteiger partial charge in [0.05, 0.1) is 11.9 Å². The van der Waals surface area contributed by atoms with Gasteiger partial charge in [-0.25, -0.2) is 8.42 Å². The maximum absolute atomic E-state index is 13.4. The molecule has 0 aromatic heterocycles. The number of sulfonamides is 1. The number of aryl methyl sites for hydroxylation is 1. The summed E-state index contributed by atoms with van der Waals surface area (Å²) in [7, 11) is -3.76. The first-order valence-electron chi connectivity index (χ1n) is 9.99. The van der Waals surface area contributed by atoms with Crippen molar-refractivity contribution < 1.29 is 18.0 Å². The molecular weight excluding hydrogens is 473 g/mol. The molecule has 0 bridgehead atoms. The number of nitrogens with zero attached hydrogens (tertiary/aromatic N) is 2. The minimum absolute atomic E-state index is 0.0125. The lowest BCUT2D eigenvalue weighted by Crippen LogP contribution is -2.51. The van der Waals surface area contributed by atoms with Crippen LogP contribution in [0, 0.1) is 6.92 Å². The average molecular weight is 500 g/mol. The second-order valence-corrected chi connectivity index (χ2v) is 10.2. The van der Waals surface area contributed by atoms with Gasteiger partial charge in [-0.3, -0.25) is 13.9 Å². The zero-order chi connectivity index (χ0) is 24.1. The predicted octanol–water partition coefficient (Wildman–Crippen LogP) is 3.62. The number of anilines is 1. The summed E-state index contributed by atoms with van der Waals surface area (Å²) >= 11 is 12.3. The number of rotatable bonds is 9. The quantitative estimate of drug-likeness (QED) is 0.570. The van der Waals surface area contributed by atoms with E-state index < -0.39 is 28.5 Å². The van der Waals surface area contributed by atoms with Crippen LogP contribution in [-0.4, -0.2) is 50.5 Å². The average Bonchev–Trinajstić information content (AvgIpc) is 2.70. The van der Waals surface area contributed by atoms with E-state index in [4.69, 9.17) is 23.2 Å². The largest absolute Gasteiger partial charge is 0.355 e. The Bertz CT molecular complexity index is 1090. The molecular formula is C22H27Cl2N3O4S. The van der Waals surface area contributed by atoms with Crippen LogP contribution in [0.1, 0.15) is 25.0 Å². The zero-order valence-corrected chi connectivity index (χ0v) is 20.8. The molecule has 1 N–H and O–H groups in total. The summed E-state index contributed by atoms with van der Waals surface area (Å²) in [5.41, 5.74) is 1.81. The molecule has 2 aromatic rings. The molecule has 2 aromatic carbocycles. The van der Waals surface area contributed by atoms with Gasteiger partial charge in [0.25, 0.3) is 0 Å². The van der Waals surface area contributed by atoms with Gasteiger partial charge >= 0.3 is 0 Å². The molecule has 0 spiro atoms. The van der Waals surface area contributed by atoms with Gasteiger partial charge in [0.15, 0.2) is 0 Å². The van der Waals surface area contributed by atoms with Crippen molar-refractivity contribution in [1.29, 1.82) is 0 Å². The highest BCUT2D eigenvalue weighted by molar-refractivity contribution is 7.92. The molecule has 174 valence electrons. The normalized spacial score (nSPS) is 12.2. The summed E-state index contributed by atoms with van der Waals surface area (Å²) in [5, 5.41) is 3.48. The predicted molar refractivity (Wildman–Crippen MR) is 129 cm³/mol. The fourth-order valence-corrected chi connectivity index (χ4v) is 4.44. The van der Waals surface area contributed by atoms with E-state index >= 15 is 0 Å². The van der Waals surface area contributed by atoms with Gasteiger partial charge in [0.1, 0.15) is 12.6 Å². The summed E-state index contributed by atoms with van der Waals surface area (Å²) in [6, 6.07) is 10.9.